The van der Waals surface area contributed by atoms with Gasteiger partial charge in [-0.25, -0.2) is 0 Å². The predicted molar refractivity (Wildman–Crippen MR) is 117 cm³/mol. The van der Waals surface area contributed by atoms with Gasteiger partial charge in [-0.1, -0.05) is 34.1 Å². The van der Waals surface area contributed by atoms with E-state index in [2.05, 4.69) is 27.7 Å². The van der Waals surface area contributed by atoms with Crippen molar-refractivity contribution in [3.63, 3.8) is 0 Å². The number of aliphatic hydroxyl groups is 2. The highest BCUT2D eigenvalue weighted by molar-refractivity contribution is 5.75. The van der Waals surface area contributed by atoms with E-state index in [-0.39, 0.29) is 17.4 Å². The van der Waals surface area contributed by atoms with Crippen LogP contribution in [0.25, 0.3) is 0 Å². The van der Waals surface area contributed by atoms with E-state index in [1.807, 2.05) is 0 Å². The Morgan fingerprint density at radius 2 is 1.61 bits per heavy atom. The highest BCUT2D eigenvalue weighted by Crippen LogP contribution is 2.69. The molecule has 31 heavy (non-hydrogen) atoms. The molecule has 0 amide bonds. The first kappa shape index (κ1) is 24.5. The van der Waals surface area contributed by atoms with Gasteiger partial charge in [0.05, 0.1) is 18.1 Å². The fourth-order valence-corrected chi connectivity index (χ4v) is 8.12. The van der Waals surface area contributed by atoms with Crippen molar-refractivity contribution in [1.29, 1.82) is 0 Å². The lowest BCUT2D eigenvalue weighted by molar-refractivity contribution is -0.222. The third-order valence-electron chi connectivity index (χ3n) is 9.24. The van der Waals surface area contributed by atoms with Gasteiger partial charge in [0.25, 0.3) is 0 Å². The van der Waals surface area contributed by atoms with Crippen LogP contribution in [0.4, 0.5) is 0 Å². The summed E-state index contributed by atoms with van der Waals surface area (Å²) in [4.78, 5) is 24.6. The highest BCUT2D eigenvalue weighted by atomic mass is 16.6. The van der Waals surface area contributed by atoms with Gasteiger partial charge in [0, 0.05) is 6.92 Å². The zero-order chi connectivity index (χ0) is 23.2. The molecule has 0 aromatic carbocycles. The molecule has 0 bridgehead atoms. The summed E-state index contributed by atoms with van der Waals surface area (Å²) in [5.74, 6) is -0.649. The molecular weight excluding hydrogens is 396 g/mol. The number of rotatable bonds is 5. The minimum absolute atomic E-state index is 0.148. The van der Waals surface area contributed by atoms with E-state index >= 15 is 0 Å². The molecule has 178 valence electrons. The van der Waals surface area contributed by atoms with Crippen molar-refractivity contribution in [3.8, 4) is 0 Å². The molecule has 0 unspecified atom stereocenters. The van der Waals surface area contributed by atoms with E-state index in [0.29, 0.717) is 23.7 Å². The quantitative estimate of drug-likeness (QED) is 0.633. The van der Waals surface area contributed by atoms with Crippen molar-refractivity contribution >= 4 is 11.9 Å². The fourth-order valence-electron chi connectivity index (χ4n) is 8.12. The van der Waals surface area contributed by atoms with E-state index in [1.165, 1.54) is 26.2 Å². The Morgan fingerprint density at radius 1 is 0.968 bits per heavy atom. The Morgan fingerprint density at radius 3 is 2.23 bits per heavy atom. The number of carbonyl (C=O) groups is 2. The summed E-state index contributed by atoms with van der Waals surface area (Å²) in [5, 5.41) is 20.8. The first-order valence-corrected chi connectivity index (χ1v) is 11.9. The third kappa shape index (κ3) is 4.27. The van der Waals surface area contributed by atoms with Crippen LogP contribution in [0, 0.1) is 34.0 Å². The number of ether oxygens (including phenoxy) is 2. The number of hydrogen-bond donors (Lipinski definition) is 2. The molecule has 0 radical (unpaired) electrons. The molecule has 6 heteroatoms. The first-order valence-electron chi connectivity index (χ1n) is 11.9. The summed E-state index contributed by atoms with van der Waals surface area (Å²) in [6, 6.07) is 0. The lowest BCUT2D eigenvalue weighted by Crippen LogP contribution is -2.64. The lowest BCUT2D eigenvalue weighted by atomic mass is 9.38. The molecule has 3 rings (SSSR count). The molecule has 0 saturated heterocycles. The van der Waals surface area contributed by atoms with E-state index in [4.69, 9.17) is 9.47 Å². The molecule has 6 nitrogen and oxygen atoms in total. The van der Waals surface area contributed by atoms with E-state index in [1.54, 1.807) is 6.92 Å². The Kier molecular flexibility index (Phi) is 6.58. The Bertz CT molecular complexity index is 700. The van der Waals surface area contributed by atoms with Gasteiger partial charge in [-0.3, -0.25) is 9.59 Å². The monoisotopic (exact) mass is 438 g/mol. The summed E-state index contributed by atoms with van der Waals surface area (Å²) in [6.45, 7) is 11.8. The van der Waals surface area contributed by atoms with Gasteiger partial charge in [-0.15, -0.1) is 0 Å². The minimum atomic E-state index is -1.15. The van der Waals surface area contributed by atoms with Crippen LogP contribution in [-0.2, 0) is 19.1 Å². The Balaban J connectivity index is 1.86. The normalized spacial score (nSPS) is 42.6. The maximum absolute atomic E-state index is 13.4. The molecule has 3 aliphatic carbocycles. The van der Waals surface area contributed by atoms with Gasteiger partial charge in [0.15, 0.2) is 6.10 Å². The van der Waals surface area contributed by atoms with Crippen LogP contribution in [0.5, 0.6) is 0 Å². The molecule has 0 aromatic heterocycles. The van der Waals surface area contributed by atoms with Gasteiger partial charge in [-0.05, 0) is 73.5 Å². The third-order valence-corrected chi connectivity index (χ3v) is 9.24. The second-order valence-corrected chi connectivity index (χ2v) is 11.9. The number of fused-ring (bicyclic) bond motifs is 3. The van der Waals surface area contributed by atoms with Crippen molar-refractivity contribution in [2.24, 2.45) is 34.0 Å². The zero-order valence-corrected chi connectivity index (χ0v) is 20.2. The smallest absolute Gasteiger partial charge is 0.312 e. The van der Waals surface area contributed by atoms with Gasteiger partial charge >= 0.3 is 11.9 Å². The molecule has 0 heterocycles. The van der Waals surface area contributed by atoms with Crippen molar-refractivity contribution in [1.82, 2.24) is 0 Å². The van der Waals surface area contributed by atoms with E-state index in [9.17, 15) is 19.8 Å². The van der Waals surface area contributed by atoms with Gasteiger partial charge < -0.3 is 19.7 Å². The summed E-state index contributed by atoms with van der Waals surface area (Å²) in [6.07, 6.45) is 6.19. The number of carbonyl (C=O) groups excluding carboxylic acids is 2. The predicted octanol–water partition coefficient (Wildman–Crippen LogP) is 3.86. The zero-order valence-electron chi connectivity index (χ0n) is 20.2. The average molecular weight is 439 g/mol. The number of hydrogen-bond acceptors (Lipinski definition) is 6. The molecule has 0 aliphatic heterocycles. The van der Waals surface area contributed by atoms with Gasteiger partial charge in [-0.2, -0.15) is 0 Å². The van der Waals surface area contributed by atoms with Gasteiger partial charge in [0.1, 0.15) is 6.61 Å². The topological polar surface area (TPSA) is 93.1 Å². The highest BCUT2D eigenvalue weighted by Gasteiger charge is 2.66. The van der Waals surface area contributed by atoms with Crippen LogP contribution < -0.4 is 0 Å². The molecule has 2 N–H and O–H groups in total. The second-order valence-electron chi connectivity index (χ2n) is 11.9. The average Bonchev–Trinajstić information content (AvgIpc) is 2.62. The Hall–Kier alpha value is -1.14. The van der Waals surface area contributed by atoms with Crippen LogP contribution >= 0.6 is 0 Å². The molecule has 0 aromatic rings. The van der Waals surface area contributed by atoms with Crippen LogP contribution in [-0.4, -0.2) is 47.1 Å². The van der Waals surface area contributed by atoms with Crippen LogP contribution in [0.15, 0.2) is 0 Å². The van der Waals surface area contributed by atoms with Crippen molar-refractivity contribution in [2.75, 3.05) is 13.2 Å². The Labute approximate surface area is 187 Å². The minimum Gasteiger partial charge on any atom is -0.461 e. The maximum atomic E-state index is 13.4. The summed E-state index contributed by atoms with van der Waals surface area (Å²) in [5.41, 5.74) is -1.06. The van der Waals surface area contributed by atoms with E-state index in [0.717, 1.165) is 19.3 Å². The number of esters is 2. The molecule has 7 atom stereocenters. The van der Waals surface area contributed by atoms with Crippen LogP contribution in [0.2, 0.25) is 0 Å². The molecular formula is C25H42O6. The SMILES string of the molecule is CC(=O)O[C@@H](CO)COC(=O)[C@@H]1[C@@]2(C)CC[C@@H]3C(C)(C)CCC[C@@]3(C)[C@@H]2CC[C@]1(C)O. The number of aliphatic hydroxyl groups excluding tert-OH is 1. The van der Waals surface area contributed by atoms with Crippen LogP contribution in [0.1, 0.15) is 86.5 Å². The summed E-state index contributed by atoms with van der Waals surface area (Å²) < 4.78 is 10.6. The van der Waals surface area contributed by atoms with Crippen molar-refractivity contribution in [2.45, 2.75) is 98.2 Å². The van der Waals surface area contributed by atoms with E-state index < -0.39 is 36.2 Å². The first-order chi connectivity index (χ1) is 14.3. The second kappa shape index (κ2) is 8.33. The molecule has 3 saturated carbocycles. The standard InChI is InChI=1S/C25H42O6/c1-16(27)31-17(14-26)15-30-21(28)20-24(5)12-8-18-22(2,3)10-7-11-23(18,4)19(24)9-13-25(20,6)29/h17-20,26,29H,7-15H2,1-6H3/t17-,18+,19-,20+,23+,24-,25-/m0/s1. The lowest BCUT2D eigenvalue weighted by Gasteiger charge is -2.66. The van der Waals surface area contributed by atoms with Gasteiger partial charge in [0.2, 0.25) is 0 Å². The maximum Gasteiger partial charge on any atom is 0.312 e. The van der Waals surface area contributed by atoms with Crippen LogP contribution in [0.3, 0.4) is 0 Å². The van der Waals surface area contributed by atoms with Crippen molar-refractivity contribution in [3.05, 3.63) is 0 Å². The molecule has 3 fully saturated rings. The van der Waals surface area contributed by atoms with Crippen molar-refractivity contribution < 1.29 is 29.3 Å². The largest absolute Gasteiger partial charge is 0.461 e. The molecule has 0 spiro atoms. The molecule has 3 aliphatic rings. The fraction of sp³-hybridized carbons (Fsp3) is 0.920. The summed E-state index contributed by atoms with van der Waals surface area (Å²) >= 11 is 0. The summed E-state index contributed by atoms with van der Waals surface area (Å²) in [7, 11) is 0.